The van der Waals surface area contributed by atoms with E-state index >= 15 is 0 Å². The third-order valence-corrected chi connectivity index (χ3v) is 6.20. The molecule has 0 spiro atoms. The third kappa shape index (κ3) is 4.31. The fourth-order valence-corrected chi connectivity index (χ4v) is 4.47. The molecule has 0 saturated carbocycles. The molecular weight excluding hydrogens is 382 g/mol. The second-order valence-electron chi connectivity index (χ2n) is 6.25. The number of nitrogens with one attached hydrogen (secondary N) is 2. The van der Waals surface area contributed by atoms with Gasteiger partial charge in [0.15, 0.2) is 17.3 Å². The summed E-state index contributed by atoms with van der Waals surface area (Å²) in [5.41, 5.74) is 0. The molecule has 1 aliphatic heterocycles. The van der Waals surface area contributed by atoms with Crippen molar-refractivity contribution in [2.75, 3.05) is 38.0 Å². The molecule has 0 unspecified atom stereocenters. The number of carbonyl (C=O) groups is 1. The van der Waals surface area contributed by atoms with Crippen LogP contribution < -0.4 is 10.2 Å². The van der Waals surface area contributed by atoms with E-state index in [0.29, 0.717) is 24.7 Å². The van der Waals surface area contributed by atoms with Crippen LogP contribution >= 0.6 is 0 Å². The summed E-state index contributed by atoms with van der Waals surface area (Å²) in [6.07, 6.45) is 0. The third-order valence-electron chi connectivity index (χ3n) is 4.25. The Morgan fingerprint density at radius 1 is 1.30 bits per heavy atom. The number of rotatable bonds is 5. The smallest absolute Gasteiger partial charge is 0.280 e. The van der Waals surface area contributed by atoms with Crippen molar-refractivity contribution in [3.05, 3.63) is 41.7 Å². The number of quaternary nitrogens is 1. The fourth-order valence-electron chi connectivity index (χ4n) is 2.92. The van der Waals surface area contributed by atoms with Crippen molar-refractivity contribution in [2.24, 2.45) is 0 Å². The summed E-state index contributed by atoms with van der Waals surface area (Å²) in [6.45, 7) is 2.60. The topological polar surface area (TPSA) is 97.0 Å². The molecule has 8 nitrogen and oxygen atoms in total. The van der Waals surface area contributed by atoms with E-state index in [9.17, 15) is 22.0 Å². The number of benzene rings is 1. The molecule has 1 aliphatic rings. The van der Waals surface area contributed by atoms with Crippen LogP contribution in [-0.2, 0) is 14.8 Å². The average molecular weight is 401 g/mol. The van der Waals surface area contributed by atoms with Crippen LogP contribution in [0.5, 0.6) is 0 Å². The van der Waals surface area contributed by atoms with E-state index in [1.54, 1.807) is 13.0 Å². The van der Waals surface area contributed by atoms with Crippen molar-refractivity contribution in [1.82, 2.24) is 9.46 Å². The van der Waals surface area contributed by atoms with Crippen molar-refractivity contribution in [3.63, 3.8) is 0 Å². The Bertz CT molecular complexity index is 919. The summed E-state index contributed by atoms with van der Waals surface area (Å²) in [5.74, 6) is -1.64. The van der Waals surface area contributed by atoms with Crippen LogP contribution in [0, 0.1) is 18.6 Å². The molecular formula is C16H19F2N4O4S+. The predicted octanol–water partition coefficient (Wildman–Crippen LogP) is -0.211. The molecule has 2 N–H and O–H groups in total. The first-order valence-electron chi connectivity index (χ1n) is 8.28. The zero-order valence-electron chi connectivity index (χ0n) is 14.5. The van der Waals surface area contributed by atoms with Gasteiger partial charge in [-0.1, -0.05) is 11.2 Å². The molecule has 2 aromatic rings. The molecule has 1 aromatic heterocycles. The van der Waals surface area contributed by atoms with Gasteiger partial charge < -0.3 is 14.7 Å². The zero-order valence-corrected chi connectivity index (χ0v) is 15.4. The van der Waals surface area contributed by atoms with Gasteiger partial charge in [0.2, 0.25) is 10.0 Å². The molecule has 1 aromatic carbocycles. The van der Waals surface area contributed by atoms with Crippen molar-refractivity contribution in [1.29, 1.82) is 0 Å². The van der Waals surface area contributed by atoms with Crippen LogP contribution in [0.15, 0.2) is 33.7 Å². The normalized spacial score (nSPS) is 16.4. The maximum atomic E-state index is 13.8. The number of halogens is 2. The first-order valence-corrected chi connectivity index (χ1v) is 9.72. The van der Waals surface area contributed by atoms with Crippen LogP contribution in [0.4, 0.5) is 14.6 Å². The van der Waals surface area contributed by atoms with Crippen molar-refractivity contribution in [2.45, 2.75) is 11.8 Å². The average Bonchev–Trinajstić information content (AvgIpc) is 2.99. The van der Waals surface area contributed by atoms with Gasteiger partial charge in [-0.2, -0.15) is 4.31 Å². The summed E-state index contributed by atoms with van der Waals surface area (Å²) in [6, 6.07) is 4.52. The lowest BCUT2D eigenvalue weighted by Gasteiger charge is -2.31. The summed E-state index contributed by atoms with van der Waals surface area (Å²) >= 11 is 0. The van der Waals surface area contributed by atoms with E-state index in [1.807, 2.05) is 0 Å². The minimum atomic E-state index is -4.27. The van der Waals surface area contributed by atoms with Gasteiger partial charge in [-0.25, -0.2) is 17.2 Å². The lowest BCUT2D eigenvalue weighted by Crippen LogP contribution is -3.15. The first-order chi connectivity index (χ1) is 12.8. The molecule has 2 heterocycles. The van der Waals surface area contributed by atoms with Crippen LogP contribution in [-0.4, -0.2) is 56.5 Å². The van der Waals surface area contributed by atoms with Crippen LogP contribution in [0.1, 0.15) is 5.76 Å². The van der Waals surface area contributed by atoms with E-state index in [-0.39, 0.29) is 25.5 Å². The molecule has 0 bridgehead atoms. The Morgan fingerprint density at radius 3 is 2.48 bits per heavy atom. The van der Waals surface area contributed by atoms with E-state index in [4.69, 9.17) is 4.52 Å². The standard InChI is InChI=1S/C16H18F2N4O4S/c1-11-9-14(20-26-11)19-15(23)10-21-5-7-22(8-6-21)27(24,25)16-12(17)3-2-4-13(16)18/h2-4,9H,5-8,10H2,1H3,(H,19,20,23)/p+1. The van der Waals surface area contributed by atoms with E-state index in [2.05, 4.69) is 10.5 Å². The lowest BCUT2D eigenvalue weighted by atomic mass is 10.3. The second kappa shape index (κ2) is 7.71. The SMILES string of the molecule is Cc1cc(NC(=O)C[NH+]2CCN(S(=O)(=O)c3c(F)cccc3F)CC2)no1. The monoisotopic (exact) mass is 401 g/mol. The highest BCUT2D eigenvalue weighted by atomic mass is 32.2. The highest BCUT2D eigenvalue weighted by Crippen LogP contribution is 2.22. The quantitative estimate of drug-likeness (QED) is 0.723. The summed E-state index contributed by atoms with van der Waals surface area (Å²) in [5, 5.41) is 6.27. The number of sulfonamides is 1. The highest BCUT2D eigenvalue weighted by molar-refractivity contribution is 7.89. The molecule has 0 aliphatic carbocycles. The maximum absolute atomic E-state index is 13.8. The summed E-state index contributed by atoms with van der Waals surface area (Å²) in [7, 11) is -4.27. The van der Waals surface area contributed by atoms with Gasteiger partial charge in [0.1, 0.15) is 17.4 Å². The van der Waals surface area contributed by atoms with Crippen LogP contribution in [0.25, 0.3) is 0 Å². The van der Waals surface area contributed by atoms with Crippen LogP contribution in [0.2, 0.25) is 0 Å². The molecule has 3 rings (SSSR count). The Kier molecular flexibility index (Phi) is 5.53. The molecule has 0 atom stereocenters. The van der Waals surface area contributed by atoms with Gasteiger partial charge in [-0.05, 0) is 19.1 Å². The number of aromatic nitrogens is 1. The second-order valence-corrected chi connectivity index (χ2v) is 8.13. The summed E-state index contributed by atoms with van der Waals surface area (Å²) in [4.78, 5) is 12.0. The van der Waals surface area contributed by atoms with E-state index in [0.717, 1.165) is 27.4 Å². The Hall–Kier alpha value is -2.37. The van der Waals surface area contributed by atoms with Crippen molar-refractivity contribution in [3.8, 4) is 0 Å². The van der Waals surface area contributed by atoms with Gasteiger partial charge in [0.25, 0.3) is 5.91 Å². The molecule has 1 amide bonds. The number of hydrogen-bond acceptors (Lipinski definition) is 5. The minimum absolute atomic E-state index is 0.0573. The fraction of sp³-hybridized carbons (Fsp3) is 0.375. The minimum Gasteiger partial charge on any atom is -0.360 e. The molecule has 1 saturated heterocycles. The predicted molar refractivity (Wildman–Crippen MR) is 90.6 cm³/mol. The van der Waals surface area contributed by atoms with Crippen LogP contribution in [0.3, 0.4) is 0 Å². The van der Waals surface area contributed by atoms with Crippen molar-refractivity contribution >= 4 is 21.7 Å². The lowest BCUT2D eigenvalue weighted by molar-refractivity contribution is -0.895. The number of anilines is 1. The van der Waals surface area contributed by atoms with Gasteiger partial charge in [0, 0.05) is 6.07 Å². The maximum Gasteiger partial charge on any atom is 0.280 e. The number of aryl methyl sites for hydroxylation is 1. The molecule has 146 valence electrons. The molecule has 1 fully saturated rings. The van der Waals surface area contributed by atoms with Gasteiger partial charge in [-0.15, -0.1) is 0 Å². The van der Waals surface area contributed by atoms with E-state index < -0.39 is 26.6 Å². The number of hydrogen-bond donors (Lipinski definition) is 2. The highest BCUT2D eigenvalue weighted by Gasteiger charge is 2.34. The summed E-state index contributed by atoms with van der Waals surface area (Å²) < 4.78 is 58.7. The number of piperazine rings is 1. The molecule has 0 radical (unpaired) electrons. The largest absolute Gasteiger partial charge is 0.360 e. The van der Waals surface area contributed by atoms with Gasteiger partial charge in [0.05, 0.1) is 26.2 Å². The Labute approximate surface area is 154 Å². The van der Waals surface area contributed by atoms with Gasteiger partial charge in [-0.3, -0.25) is 4.79 Å². The molecule has 11 heteroatoms. The number of carbonyl (C=O) groups excluding carboxylic acids is 1. The van der Waals surface area contributed by atoms with Gasteiger partial charge >= 0.3 is 0 Å². The Morgan fingerprint density at radius 2 is 1.93 bits per heavy atom. The first kappa shape index (κ1) is 19.4. The Balaban J connectivity index is 1.59. The van der Waals surface area contributed by atoms with Crippen molar-refractivity contribution < 1.29 is 31.4 Å². The zero-order chi connectivity index (χ0) is 19.6. The number of nitrogens with zero attached hydrogens (tertiary/aromatic N) is 2. The van der Waals surface area contributed by atoms with E-state index in [1.165, 1.54) is 0 Å². The molecule has 27 heavy (non-hydrogen) atoms. The number of amides is 1.